The third-order valence-corrected chi connectivity index (χ3v) is 4.60. The summed E-state index contributed by atoms with van der Waals surface area (Å²) >= 11 is 17.2. The average Bonchev–Trinajstić information content (AvgIpc) is 2.99. The third-order valence-electron chi connectivity index (χ3n) is 3.66. The van der Waals surface area contributed by atoms with Crippen molar-refractivity contribution in [2.24, 2.45) is 5.92 Å². The summed E-state index contributed by atoms with van der Waals surface area (Å²) in [5.74, 6) is 0.583. The molecule has 2 aromatic carbocycles. The predicted octanol–water partition coefficient (Wildman–Crippen LogP) is 4.84. The fraction of sp³-hybridized carbons (Fsp3) is 0.211. The van der Waals surface area contributed by atoms with Gasteiger partial charge < -0.3 is 20.5 Å². The quantitative estimate of drug-likeness (QED) is 0.566. The molecule has 1 heterocycles. The zero-order chi connectivity index (χ0) is 19.6. The van der Waals surface area contributed by atoms with Crippen LogP contribution in [0.1, 0.15) is 20.3 Å². The first-order valence-corrected chi connectivity index (χ1v) is 9.45. The number of amides is 1. The molecule has 0 fully saturated rings. The number of halogens is 2. The van der Waals surface area contributed by atoms with Gasteiger partial charge in [0.2, 0.25) is 11.8 Å². The molecule has 6 nitrogen and oxygen atoms in total. The van der Waals surface area contributed by atoms with Crippen LogP contribution in [0.2, 0.25) is 10.0 Å². The largest absolute Gasteiger partial charge is 0.436 e. The van der Waals surface area contributed by atoms with E-state index in [-0.39, 0.29) is 22.4 Å². The van der Waals surface area contributed by atoms with Gasteiger partial charge in [0, 0.05) is 17.7 Å². The summed E-state index contributed by atoms with van der Waals surface area (Å²) in [6, 6.07) is 10.6. The first kappa shape index (κ1) is 22.1. The summed E-state index contributed by atoms with van der Waals surface area (Å²) in [5.41, 5.74) is 2.70. The van der Waals surface area contributed by atoms with Crippen molar-refractivity contribution in [1.29, 1.82) is 0 Å². The fourth-order valence-corrected chi connectivity index (χ4v) is 3.00. The molecule has 0 aliphatic heterocycles. The van der Waals surface area contributed by atoms with Crippen LogP contribution in [0.3, 0.4) is 0 Å². The molecule has 0 aliphatic rings. The van der Waals surface area contributed by atoms with Crippen LogP contribution in [0.25, 0.3) is 22.6 Å². The molecule has 4 N–H and O–H groups in total. The number of aromatic nitrogens is 1. The maximum Gasteiger partial charge on any atom is 0.227 e. The Balaban J connectivity index is 0.00000280. The number of fused-ring (bicyclic) bond motifs is 1. The molecule has 0 atom stereocenters. The van der Waals surface area contributed by atoms with Gasteiger partial charge in [-0.1, -0.05) is 37.0 Å². The standard InChI is InChI=1S/C19H17Cl2N3O2S.H2O/c1-10(2)7-17(25)24-19(27)22-12-4-6-16-15(9-12)23-18(26-16)11-3-5-13(20)14(21)8-11;/h3-6,8-10H,7H2,1-2H3,(H2,22,24,25,27);1H2. The highest BCUT2D eigenvalue weighted by molar-refractivity contribution is 7.80. The Morgan fingerprint density at radius 1 is 1.18 bits per heavy atom. The van der Waals surface area contributed by atoms with Crippen molar-refractivity contribution >= 4 is 63.2 Å². The molecule has 0 spiro atoms. The van der Waals surface area contributed by atoms with Gasteiger partial charge in [0.25, 0.3) is 0 Å². The Morgan fingerprint density at radius 3 is 2.61 bits per heavy atom. The number of benzene rings is 2. The number of thiocarbonyl (C=S) groups is 1. The topological polar surface area (TPSA) is 98.7 Å². The van der Waals surface area contributed by atoms with Gasteiger partial charge in [-0.15, -0.1) is 0 Å². The molecule has 0 bridgehead atoms. The average molecular weight is 440 g/mol. The molecule has 148 valence electrons. The van der Waals surface area contributed by atoms with E-state index in [1.807, 2.05) is 13.8 Å². The Morgan fingerprint density at radius 2 is 1.93 bits per heavy atom. The monoisotopic (exact) mass is 439 g/mol. The van der Waals surface area contributed by atoms with Crippen molar-refractivity contribution in [1.82, 2.24) is 10.3 Å². The molecular weight excluding hydrogens is 421 g/mol. The summed E-state index contributed by atoms with van der Waals surface area (Å²) < 4.78 is 5.77. The molecular formula is C19H19Cl2N3O3S. The number of nitrogens with one attached hydrogen (secondary N) is 2. The second-order valence-electron chi connectivity index (χ2n) is 6.43. The maximum absolute atomic E-state index is 11.8. The Hall–Kier alpha value is -2.19. The van der Waals surface area contributed by atoms with E-state index in [9.17, 15) is 4.79 Å². The van der Waals surface area contributed by atoms with Crippen LogP contribution in [0.15, 0.2) is 40.8 Å². The number of hydrogen-bond acceptors (Lipinski definition) is 4. The number of carbonyl (C=O) groups is 1. The van der Waals surface area contributed by atoms with E-state index in [1.165, 1.54) is 0 Å². The summed E-state index contributed by atoms with van der Waals surface area (Å²) in [7, 11) is 0. The number of anilines is 1. The van der Waals surface area contributed by atoms with Crippen LogP contribution >= 0.6 is 35.4 Å². The van der Waals surface area contributed by atoms with Gasteiger partial charge in [-0.3, -0.25) is 4.79 Å². The van der Waals surface area contributed by atoms with Gasteiger partial charge >= 0.3 is 0 Å². The molecule has 9 heteroatoms. The highest BCUT2D eigenvalue weighted by Gasteiger charge is 2.12. The van der Waals surface area contributed by atoms with Crippen LogP contribution in [-0.2, 0) is 4.79 Å². The molecule has 1 aromatic heterocycles. The second kappa shape index (κ2) is 9.34. The fourth-order valence-electron chi connectivity index (χ4n) is 2.47. The second-order valence-corrected chi connectivity index (χ2v) is 7.65. The van der Waals surface area contributed by atoms with E-state index >= 15 is 0 Å². The molecule has 3 rings (SSSR count). The lowest BCUT2D eigenvalue weighted by Gasteiger charge is -2.10. The first-order chi connectivity index (χ1) is 12.8. The predicted molar refractivity (Wildman–Crippen MR) is 117 cm³/mol. The summed E-state index contributed by atoms with van der Waals surface area (Å²) in [6.45, 7) is 3.94. The van der Waals surface area contributed by atoms with Crippen molar-refractivity contribution in [3.8, 4) is 11.5 Å². The minimum absolute atomic E-state index is 0. The molecule has 1 amide bonds. The molecule has 0 radical (unpaired) electrons. The van der Waals surface area contributed by atoms with Gasteiger partial charge in [0.1, 0.15) is 5.52 Å². The van der Waals surface area contributed by atoms with Gasteiger partial charge in [0.15, 0.2) is 10.7 Å². The van der Waals surface area contributed by atoms with Crippen molar-refractivity contribution in [3.05, 3.63) is 46.4 Å². The van der Waals surface area contributed by atoms with Crippen LogP contribution in [0, 0.1) is 5.92 Å². The van der Waals surface area contributed by atoms with Gasteiger partial charge in [0.05, 0.1) is 10.0 Å². The van der Waals surface area contributed by atoms with Gasteiger partial charge in [-0.05, 0) is 54.5 Å². The maximum atomic E-state index is 11.8. The zero-order valence-electron chi connectivity index (χ0n) is 15.2. The van der Waals surface area contributed by atoms with E-state index in [0.717, 1.165) is 5.56 Å². The van der Waals surface area contributed by atoms with Crippen molar-refractivity contribution in [2.45, 2.75) is 20.3 Å². The van der Waals surface area contributed by atoms with E-state index in [4.69, 9.17) is 39.8 Å². The van der Waals surface area contributed by atoms with Gasteiger partial charge in [-0.25, -0.2) is 4.98 Å². The zero-order valence-corrected chi connectivity index (χ0v) is 17.5. The van der Waals surface area contributed by atoms with E-state index in [2.05, 4.69) is 15.6 Å². The Labute approximate surface area is 177 Å². The minimum atomic E-state index is -0.119. The lowest BCUT2D eigenvalue weighted by atomic mass is 10.1. The molecule has 3 aromatic rings. The molecule has 0 aliphatic carbocycles. The normalized spacial score (nSPS) is 10.6. The van der Waals surface area contributed by atoms with Crippen molar-refractivity contribution < 1.29 is 14.7 Å². The lowest BCUT2D eigenvalue weighted by Crippen LogP contribution is -2.34. The van der Waals surface area contributed by atoms with Crippen molar-refractivity contribution in [3.63, 3.8) is 0 Å². The SMILES string of the molecule is CC(C)CC(=O)NC(=S)Nc1ccc2oc(-c3ccc(Cl)c(Cl)c3)nc2c1.O. The smallest absolute Gasteiger partial charge is 0.227 e. The number of oxazole rings is 1. The van der Waals surface area contributed by atoms with Crippen LogP contribution in [0.4, 0.5) is 5.69 Å². The Kier molecular flexibility index (Phi) is 7.37. The minimum Gasteiger partial charge on any atom is -0.436 e. The van der Waals surface area contributed by atoms with E-state index < -0.39 is 0 Å². The number of hydrogen-bond donors (Lipinski definition) is 2. The molecule has 28 heavy (non-hydrogen) atoms. The van der Waals surface area contributed by atoms with Gasteiger partial charge in [-0.2, -0.15) is 0 Å². The molecule has 0 saturated carbocycles. The summed E-state index contributed by atoms with van der Waals surface area (Å²) in [6.07, 6.45) is 0.414. The molecule has 0 saturated heterocycles. The molecule has 0 unspecified atom stereocenters. The van der Waals surface area contributed by atoms with Crippen LogP contribution in [-0.4, -0.2) is 21.5 Å². The number of nitrogens with zero attached hydrogens (tertiary/aromatic N) is 1. The highest BCUT2D eigenvalue weighted by atomic mass is 35.5. The van der Waals surface area contributed by atoms with Crippen LogP contribution in [0.5, 0.6) is 0 Å². The lowest BCUT2D eigenvalue weighted by molar-refractivity contribution is -0.120. The number of carbonyl (C=O) groups excluding carboxylic acids is 1. The summed E-state index contributed by atoms with van der Waals surface area (Å²) in [4.78, 5) is 16.3. The van der Waals surface area contributed by atoms with Crippen molar-refractivity contribution in [2.75, 3.05) is 5.32 Å². The Bertz CT molecular complexity index is 1020. The highest BCUT2D eigenvalue weighted by Crippen LogP contribution is 2.30. The third kappa shape index (κ3) is 5.42. The van der Waals surface area contributed by atoms with Crippen LogP contribution < -0.4 is 10.6 Å². The number of rotatable bonds is 4. The van der Waals surface area contributed by atoms with E-state index in [0.29, 0.717) is 39.1 Å². The summed E-state index contributed by atoms with van der Waals surface area (Å²) in [5, 5.41) is 6.79. The first-order valence-electron chi connectivity index (χ1n) is 8.28. The van der Waals surface area contributed by atoms with E-state index in [1.54, 1.807) is 36.4 Å².